The summed E-state index contributed by atoms with van der Waals surface area (Å²) in [6.45, 7) is 0. The lowest BCUT2D eigenvalue weighted by Gasteiger charge is -2.01. The van der Waals surface area contributed by atoms with Crippen molar-refractivity contribution in [3.05, 3.63) is 71.9 Å². The Morgan fingerprint density at radius 2 is 1.71 bits per heavy atom. The summed E-state index contributed by atoms with van der Waals surface area (Å²) in [6.07, 6.45) is 2.13. The van der Waals surface area contributed by atoms with Gasteiger partial charge in [0.2, 0.25) is 0 Å². The zero-order valence-corrected chi connectivity index (χ0v) is 10.8. The molecular weight excluding hydrogens is 274 g/mol. The van der Waals surface area contributed by atoms with Crippen LogP contribution in [0.2, 0.25) is 0 Å². The summed E-state index contributed by atoms with van der Waals surface area (Å²) in [5, 5.41) is 4.26. The van der Waals surface area contributed by atoms with Crippen LogP contribution in [0.5, 0.6) is 0 Å². The number of nitrogens with zero attached hydrogens (tertiary/aromatic N) is 2. The third-order valence-electron chi connectivity index (χ3n) is 3.04. The summed E-state index contributed by atoms with van der Waals surface area (Å²) in [7, 11) is 0. The fourth-order valence-electron chi connectivity index (χ4n) is 2.08. The van der Waals surface area contributed by atoms with E-state index in [0.717, 1.165) is 0 Å². The van der Waals surface area contributed by atoms with Crippen molar-refractivity contribution in [2.45, 2.75) is 0 Å². The van der Waals surface area contributed by atoms with Crippen LogP contribution < -0.4 is 0 Å². The van der Waals surface area contributed by atoms with Crippen molar-refractivity contribution in [1.29, 1.82) is 0 Å². The Balaban J connectivity index is 2.13. The van der Waals surface area contributed by atoms with Crippen LogP contribution in [0.1, 0.15) is 10.4 Å². The number of benzene rings is 2. The predicted octanol–water partition coefficient (Wildman–Crippen LogP) is 3.63. The van der Waals surface area contributed by atoms with Crippen molar-refractivity contribution in [2.75, 3.05) is 0 Å². The molecule has 21 heavy (non-hydrogen) atoms. The standard InChI is InChI=1S/C16H10F2N2O/c17-13-4-1-3-11(7-13)16-12(10-21)9-20(19-16)15-6-2-5-14(18)8-15/h1-10H. The maximum Gasteiger partial charge on any atom is 0.153 e. The molecule has 3 rings (SSSR count). The van der Waals surface area contributed by atoms with E-state index in [-0.39, 0.29) is 0 Å². The molecule has 0 unspecified atom stereocenters. The van der Waals surface area contributed by atoms with Gasteiger partial charge in [0, 0.05) is 11.8 Å². The van der Waals surface area contributed by atoms with Gasteiger partial charge in [0.1, 0.15) is 17.3 Å². The third-order valence-corrected chi connectivity index (χ3v) is 3.04. The van der Waals surface area contributed by atoms with Crippen molar-refractivity contribution in [2.24, 2.45) is 0 Å². The zero-order chi connectivity index (χ0) is 14.8. The number of hydrogen-bond acceptors (Lipinski definition) is 2. The van der Waals surface area contributed by atoms with Gasteiger partial charge in [-0.2, -0.15) is 5.10 Å². The highest BCUT2D eigenvalue weighted by Gasteiger charge is 2.12. The molecule has 0 atom stereocenters. The van der Waals surface area contributed by atoms with Gasteiger partial charge in [-0.25, -0.2) is 13.5 Å². The van der Waals surface area contributed by atoms with Crippen molar-refractivity contribution in [1.82, 2.24) is 9.78 Å². The van der Waals surface area contributed by atoms with E-state index in [1.807, 2.05) is 0 Å². The normalized spacial score (nSPS) is 10.6. The molecule has 1 aromatic heterocycles. The summed E-state index contributed by atoms with van der Waals surface area (Å²) in [5.74, 6) is -0.812. The number of carbonyl (C=O) groups excluding carboxylic acids is 1. The van der Waals surface area contributed by atoms with Gasteiger partial charge < -0.3 is 0 Å². The topological polar surface area (TPSA) is 34.9 Å². The average Bonchev–Trinajstić information content (AvgIpc) is 2.91. The molecule has 3 nitrogen and oxygen atoms in total. The van der Waals surface area contributed by atoms with E-state index in [1.54, 1.807) is 24.3 Å². The Morgan fingerprint density at radius 1 is 1.00 bits per heavy atom. The molecule has 0 aliphatic heterocycles. The van der Waals surface area contributed by atoms with E-state index in [0.29, 0.717) is 28.8 Å². The lowest BCUT2D eigenvalue weighted by molar-refractivity contribution is 0.112. The predicted molar refractivity (Wildman–Crippen MR) is 74.3 cm³/mol. The Hall–Kier alpha value is -2.82. The SMILES string of the molecule is O=Cc1cn(-c2cccc(F)c2)nc1-c1cccc(F)c1. The molecule has 0 fully saturated rings. The molecule has 1 heterocycles. The Kier molecular flexibility index (Phi) is 3.31. The lowest BCUT2D eigenvalue weighted by Crippen LogP contribution is -1.95. The number of rotatable bonds is 3. The molecule has 3 aromatic rings. The first-order chi connectivity index (χ1) is 10.2. The summed E-state index contributed by atoms with van der Waals surface area (Å²) in [6, 6.07) is 11.7. The smallest absolute Gasteiger partial charge is 0.153 e. The highest BCUT2D eigenvalue weighted by Crippen LogP contribution is 2.23. The Bertz CT molecular complexity index is 812. The van der Waals surface area contributed by atoms with Gasteiger partial charge in [0.25, 0.3) is 0 Å². The minimum atomic E-state index is -0.412. The van der Waals surface area contributed by atoms with Gasteiger partial charge in [-0.1, -0.05) is 18.2 Å². The van der Waals surface area contributed by atoms with E-state index < -0.39 is 11.6 Å². The number of hydrogen-bond donors (Lipinski definition) is 0. The van der Waals surface area contributed by atoms with Crippen LogP contribution in [0.3, 0.4) is 0 Å². The monoisotopic (exact) mass is 284 g/mol. The molecule has 104 valence electrons. The van der Waals surface area contributed by atoms with Crippen LogP contribution in [0.25, 0.3) is 16.9 Å². The van der Waals surface area contributed by atoms with Crippen LogP contribution >= 0.6 is 0 Å². The molecule has 0 saturated heterocycles. The van der Waals surface area contributed by atoms with Gasteiger partial charge >= 0.3 is 0 Å². The molecular formula is C16H10F2N2O. The van der Waals surface area contributed by atoms with Gasteiger partial charge in [-0.15, -0.1) is 0 Å². The Labute approximate surface area is 119 Å². The second-order valence-corrected chi connectivity index (χ2v) is 4.49. The van der Waals surface area contributed by atoms with Crippen LogP contribution in [0.15, 0.2) is 54.7 Å². The first kappa shape index (κ1) is 13.2. The maximum atomic E-state index is 13.3. The van der Waals surface area contributed by atoms with E-state index in [9.17, 15) is 13.6 Å². The summed E-state index contributed by atoms with van der Waals surface area (Å²) < 4.78 is 28.0. The summed E-state index contributed by atoms with van der Waals surface area (Å²) >= 11 is 0. The van der Waals surface area contributed by atoms with E-state index in [2.05, 4.69) is 5.10 Å². The van der Waals surface area contributed by atoms with Crippen LogP contribution in [-0.4, -0.2) is 16.1 Å². The van der Waals surface area contributed by atoms with E-state index in [4.69, 9.17) is 0 Å². The lowest BCUT2D eigenvalue weighted by atomic mass is 10.1. The molecule has 2 aromatic carbocycles. The van der Waals surface area contributed by atoms with E-state index in [1.165, 1.54) is 35.1 Å². The second-order valence-electron chi connectivity index (χ2n) is 4.49. The molecule has 5 heteroatoms. The highest BCUT2D eigenvalue weighted by molar-refractivity contribution is 5.85. The number of aromatic nitrogens is 2. The number of halogens is 2. The summed E-state index contributed by atoms with van der Waals surface area (Å²) in [4.78, 5) is 11.2. The molecule has 0 radical (unpaired) electrons. The van der Waals surface area contributed by atoms with Gasteiger partial charge in [0.15, 0.2) is 6.29 Å². The van der Waals surface area contributed by atoms with Crippen molar-refractivity contribution in [3.63, 3.8) is 0 Å². The van der Waals surface area contributed by atoms with Crippen LogP contribution in [0, 0.1) is 11.6 Å². The fraction of sp³-hybridized carbons (Fsp3) is 0. The largest absolute Gasteiger partial charge is 0.298 e. The van der Waals surface area contributed by atoms with Crippen LogP contribution in [0.4, 0.5) is 8.78 Å². The van der Waals surface area contributed by atoms with Crippen molar-refractivity contribution >= 4 is 6.29 Å². The minimum absolute atomic E-state index is 0.310. The molecule has 0 N–H and O–H groups in total. The average molecular weight is 284 g/mol. The van der Waals surface area contributed by atoms with Gasteiger partial charge in [-0.05, 0) is 30.3 Å². The fourth-order valence-corrected chi connectivity index (χ4v) is 2.08. The van der Waals surface area contributed by atoms with Gasteiger partial charge in [-0.3, -0.25) is 4.79 Å². The highest BCUT2D eigenvalue weighted by atomic mass is 19.1. The van der Waals surface area contributed by atoms with Crippen LogP contribution in [-0.2, 0) is 0 Å². The molecule has 0 aliphatic carbocycles. The second kappa shape index (κ2) is 5.28. The molecule has 0 amide bonds. The zero-order valence-electron chi connectivity index (χ0n) is 10.8. The first-order valence-corrected chi connectivity index (χ1v) is 6.24. The molecule has 0 aliphatic rings. The first-order valence-electron chi connectivity index (χ1n) is 6.24. The third kappa shape index (κ3) is 2.58. The van der Waals surface area contributed by atoms with E-state index >= 15 is 0 Å². The molecule has 0 bridgehead atoms. The summed E-state index contributed by atoms with van der Waals surface area (Å²) in [5.41, 5.74) is 1.65. The molecule has 0 spiro atoms. The maximum absolute atomic E-state index is 13.3. The van der Waals surface area contributed by atoms with Gasteiger partial charge in [0.05, 0.1) is 11.3 Å². The quantitative estimate of drug-likeness (QED) is 0.688. The molecule has 0 saturated carbocycles. The minimum Gasteiger partial charge on any atom is -0.298 e. The number of aldehydes is 1. The Morgan fingerprint density at radius 3 is 2.38 bits per heavy atom. The van der Waals surface area contributed by atoms with Crippen molar-refractivity contribution < 1.29 is 13.6 Å². The van der Waals surface area contributed by atoms with Crippen molar-refractivity contribution in [3.8, 4) is 16.9 Å². The number of carbonyl (C=O) groups is 1.